The standard InChI is InChI=1S/C21H19N9O/c1-2-5-16-13-29(21-24-27-28-30(21)20(16)31)12-14-8-10-15(11-9-14)17-6-3-4-7-18(17)19-22-25-26-23-19/h3-4,6-11,13H,2,5,12H2,1H3,(H,22,23,25,26). The van der Waals surface area contributed by atoms with E-state index < -0.39 is 0 Å². The average molecular weight is 413 g/mol. The lowest BCUT2D eigenvalue weighted by Gasteiger charge is -2.11. The Morgan fingerprint density at radius 3 is 2.55 bits per heavy atom. The van der Waals surface area contributed by atoms with Gasteiger partial charge >= 0.3 is 0 Å². The first-order chi connectivity index (χ1) is 15.2. The van der Waals surface area contributed by atoms with Crippen LogP contribution in [0.5, 0.6) is 0 Å². The van der Waals surface area contributed by atoms with E-state index in [9.17, 15) is 4.79 Å². The molecular weight excluding hydrogens is 394 g/mol. The average Bonchev–Trinajstić information content (AvgIpc) is 3.50. The van der Waals surface area contributed by atoms with Crippen LogP contribution in [0.1, 0.15) is 24.5 Å². The SMILES string of the molecule is CCCc1cn(Cc2ccc(-c3ccccc3-c3nn[nH]n3)cc2)c2nnnn2c1=O. The minimum Gasteiger partial charge on any atom is -0.311 e. The molecule has 0 aliphatic rings. The number of fused-ring (bicyclic) bond motifs is 1. The van der Waals surface area contributed by atoms with Crippen molar-refractivity contribution in [3.63, 3.8) is 0 Å². The van der Waals surface area contributed by atoms with Crippen LogP contribution in [0.15, 0.2) is 59.5 Å². The summed E-state index contributed by atoms with van der Waals surface area (Å²) in [5.74, 6) is 0.981. The summed E-state index contributed by atoms with van der Waals surface area (Å²) in [5, 5.41) is 25.9. The van der Waals surface area contributed by atoms with Gasteiger partial charge < -0.3 is 4.57 Å². The van der Waals surface area contributed by atoms with Gasteiger partial charge in [0.05, 0.1) is 6.54 Å². The molecule has 0 atom stereocenters. The van der Waals surface area contributed by atoms with Crippen molar-refractivity contribution in [3.05, 3.63) is 76.2 Å². The van der Waals surface area contributed by atoms with Crippen LogP contribution < -0.4 is 5.56 Å². The lowest BCUT2D eigenvalue weighted by atomic mass is 9.98. The van der Waals surface area contributed by atoms with Crippen molar-refractivity contribution >= 4 is 5.78 Å². The monoisotopic (exact) mass is 413 g/mol. The highest BCUT2D eigenvalue weighted by Crippen LogP contribution is 2.29. The molecule has 0 saturated carbocycles. The first kappa shape index (κ1) is 18.8. The van der Waals surface area contributed by atoms with Crippen LogP contribution in [-0.2, 0) is 13.0 Å². The Labute approximate surface area is 176 Å². The number of nitrogens with one attached hydrogen (secondary N) is 1. The number of aromatic amines is 1. The van der Waals surface area contributed by atoms with E-state index in [4.69, 9.17) is 0 Å². The maximum absolute atomic E-state index is 12.5. The second-order valence-corrected chi connectivity index (χ2v) is 7.21. The Kier molecular flexibility index (Phi) is 4.79. The molecule has 0 fully saturated rings. The Morgan fingerprint density at radius 2 is 1.81 bits per heavy atom. The molecule has 1 N–H and O–H groups in total. The number of hydrogen-bond acceptors (Lipinski definition) is 7. The number of hydrogen-bond donors (Lipinski definition) is 1. The van der Waals surface area contributed by atoms with Gasteiger partial charge in [-0.25, -0.2) is 0 Å². The third kappa shape index (κ3) is 3.48. The fourth-order valence-corrected chi connectivity index (χ4v) is 3.68. The Morgan fingerprint density at radius 1 is 1.00 bits per heavy atom. The predicted octanol–water partition coefficient (Wildman–Crippen LogP) is 2.13. The van der Waals surface area contributed by atoms with Crippen LogP contribution in [0.25, 0.3) is 28.3 Å². The number of aryl methyl sites for hydroxylation is 1. The van der Waals surface area contributed by atoms with Crippen molar-refractivity contribution in [3.8, 4) is 22.5 Å². The molecule has 0 aliphatic carbocycles. The third-order valence-electron chi connectivity index (χ3n) is 5.14. The molecular formula is C21H19N9O. The molecule has 0 saturated heterocycles. The molecule has 5 rings (SSSR count). The number of benzene rings is 2. The first-order valence-electron chi connectivity index (χ1n) is 9.97. The molecule has 5 aromatic rings. The molecule has 0 bridgehead atoms. The summed E-state index contributed by atoms with van der Waals surface area (Å²) < 4.78 is 3.18. The second-order valence-electron chi connectivity index (χ2n) is 7.21. The second kappa shape index (κ2) is 7.90. The summed E-state index contributed by atoms with van der Waals surface area (Å²) in [6.45, 7) is 2.59. The van der Waals surface area contributed by atoms with Gasteiger partial charge in [-0.1, -0.05) is 67.0 Å². The van der Waals surface area contributed by atoms with Gasteiger partial charge in [0.15, 0.2) is 0 Å². The fourth-order valence-electron chi connectivity index (χ4n) is 3.68. The fraction of sp³-hybridized carbons (Fsp3) is 0.190. The Balaban J connectivity index is 1.48. The van der Waals surface area contributed by atoms with Crippen LogP contribution in [0.4, 0.5) is 0 Å². The highest BCUT2D eigenvalue weighted by atomic mass is 16.1. The zero-order valence-electron chi connectivity index (χ0n) is 16.8. The van der Waals surface area contributed by atoms with Gasteiger partial charge in [0.2, 0.25) is 5.82 Å². The third-order valence-corrected chi connectivity index (χ3v) is 5.14. The Hall–Kier alpha value is -4.21. The number of tetrazole rings is 2. The highest BCUT2D eigenvalue weighted by molar-refractivity contribution is 5.80. The quantitative estimate of drug-likeness (QED) is 0.453. The van der Waals surface area contributed by atoms with Gasteiger partial charge in [0, 0.05) is 17.3 Å². The maximum atomic E-state index is 12.5. The van der Waals surface area contributed by atoms with Crippen molar-refractivity contribution in [1.29, 1.82) is 0 Å². The van der Waals surface area contributed by atoms with Crippen LogP contribution in [0.2, 0.25) is 0 Å². The van der Waals surface area contributed by atoms with Crippen molar-refractivity contribution in [2.24, 2.45) is 0 Å². The van der Waals surface area contributed by atoms with Crippen molar-refractivity contribution in [2.75, 3.05) is 0 Å². The van der Waals surface area contributed by atoms with E-state index in [0.717, 1.165) is 28.7 Å². The van der Waals surface area contributed by atoms with Gasteiger partial charge in [-0.2, -0.15) is 5.21 Å². The lowest BCUT2D eigenvalue weighted by molar-refractivity contribution is 0.722. The van der Waals surface area contributed by atoms with E-state index in [2.05, 4.69) is 60.4 Å². The summed E-state index contributed by atoms with van der Waals surface area (Å²) in [5.41, 5.74) is 4.58. The van der Waals surface area contributed by atoms with Crippen molar-refractivity contribution in [1.82, 2.24) is 45.2 Å². The molecule has 0 aliphatic heterocycles. The van der Waals surface area contributed by atoms with Gasteiger partial charge in [-0.05, 0) is 38.8 Å². The molecule has 3 aromatic heterocycles. The van der Waals surface area contributed by atoms with Gasteiger partial charge in [0.1, 0.15) is 0 Å². The topological polar surface area (TPSA) is 120 Å². The summed E-state index contributed by atoms with van der Waals surface area (Å²) in [6, 6.07) is 16.2. The van der Waals surface area contributed by atoms with Crippen molar-refractivity contribution < 1.29 is 0 Å². The van der Waals surface area contributed by atoms with Gasteiger partial charge in [0.25, 0.3) is 11.3 Å². The smallest absolute Gasteiger partial charge is 0.280 e. The molecule has 31 heavy (non-hydrogen) atoms. The van der Waals surface area contributed by atoms with Gasteiger partial charge in [-0.3, -0.25) is 4.79 Å². The molecule has 3 heterocycles. The number of nitrogens with zero attached hydrogens (tertiary/aromatic N) is 8. The zero-order valence-corrected chi connectivity index (χ0v) is 16.8. The summed E-state index contributed by atoms with van der Waals surface area (Å²) >= 11 is 0. The minimum absolute atomic E-state index is 0.161. The van der Waals surface area contributed by atoms with E-state index in [1.54, 1.807) is 0 Å². The predicted molar refractivity (Wildman–Crippen MR) is 113 cm³/mol. The summed E-state index contributed by atoms with van der Waals surface area (Å²) in [6.07, 6.45) is 3.41. The van der Waals surface area contributed by atoms with E-state index in [0.29, 0.717) is 30.1 Å². The molecule has 10 nitrogen and oxygen atoms in total. The molecule has 10 heteroatoms. The largest absolute Gasteiger partial charge is 0.311 e. The number of aromatic nitrogens is 9. The molecule has 0 spiro atoms. The molecule has 0 amide bonds. The van der Waals surface area contributed by atoms with Crippen molar-refractivity contribution in [2.45, 2.75) is 26.3 Å². The van der Waals surface area contributed by atoms with Gasteiger partial charge in [-0.15, -0.1) is 14.7 Å². The van der Waals surface area contributed by atoms with E-state index in [1.165, 1.54) is 4.52 Å². The van der Waals surface area contributed by atoms with Crippen LogP contribution in [-0.4, -0.2) is 45.2 Å². The van der Waals surface area contributed by atoms with E-state index in [1.807, 2.05) is 42.0 Å². The first-order valence-corrected chi connectivity index (χ1v) is 9.97. The minimum atomic E-state index is -0.161. The molecule has 0 unspecified atom stereocenters. The normalized spacial score (nSPS) is 11.3. The zero-order chi connectivity index (χ0) is 21.2. The number of rotatable bonds is 6. The lowest BCUT2D eigenvalue weighted by Crippen LogP contribution is -2.23. The van der Waals surface area contributed by atoms with Crippen LogP contribution in [0.3, 0.4) is 0 Å². The molecule has 0 radical (unpaired) electrons. The van der Waals surface area contributed by atoms with Crippen LogP contribution >= 0.6 is 0 Å². The maximum Gasteiger partial charge on any atom is 0.280 e. The number of H-pyrrole nitrogens is 1. The summed E-state index contributed by atoms with van der Waals surface area (Å²) in [7, 11) is 0. The van der Waals surface area contributed by atoms with E-state index >= 15 is 0 Å². The highest BCUT2D eigenvalue weighted by Gasteiger charge is 2.13. The molecule has 2 aromatic carbocycles. The van der Waals surface area contributed by atoms with Crippen LogP contribution in [0, 0.1) is 0 Å². The summed E-state index contributed by atoms with van der Waals surface area (Å²) in [4.78, 5) is 12.5. The van der Waals surface area contributed by atoms with E-state index in [-0.39, 0.29) is 5.56 Å². The Bertz CT molecular complexity index is 1380. The molecule has 154 valence electrons.